The number of ether oxygens (including phenoxy) is 2. The van der Waals surface area contributed by atoms with E-state index in [1.54, 1.807) is 0 Å². The van der Waals surface area contributed by atoms with E-state index in [1.807, 2.05) is 0 Å². The summed E-state index contributed by atoms with van der Waals surface area (Å²) in [6.07, 6.45) is -21.0. The van der Waals surface area contributed by atoms with Gasteiger partial charge in [0.15, 0.2) is 11.6 Å². The average molecular weight is 718 g/mol. The fourth-order valence-electron chi connectivity index (χ4n) is 5.39. The Kier molecular flexibility index (Phi) is 7.98. The second kappa shape index (κ2) is 11.6. The highest BCUT2D eigenvalue weighted by Crippen LogP contribution is 2.49. The average Bonchev–Trinajstić information content (AvgIpc) is 3.03. The minimum absolute atomic E-state index is 0.100. The fraction of sp³-hybridized carbons (Fsp3) is 0.188. The Morgan fingerprint density at radius 1 is 0.460 bits per heavy atom. The highest BCUT2D eigenvalue weighted by Gasteiger charge is 2.39. The second-order valence-electron chi connectivity index (χ2n) is 10.8. The third-order valence-electron chi connectivity index (χ3n) is 7.68. The van der Waals surface area contributed by atoms with E-state index >= 15 is 0 Å². The van der Waals surface area contributed by atoms with Gasteiger partial charge >= 0.3 is 24.7 Å². The number of rotatable bonds is 4. The Hall–Kier alpha value is -5.42. The van der Waals surface area contributed by atoms with E-state index in [1.165, 1.54) is 26.4 Å². The first-order chi connectivity index (χ1) is 23.2. The van der Waals surface area contributed by atoms with Crippen LogP contribution >= 0.6 is 0 Å². The zero-order chi connectivity index (χ0) is 36.6. The minimum Gasteiger partial charge on any atom is -0.494 e. The summed E-state index contributed by atoms with van der Waals surface area (Å²) < 4.78 is 176. The van der Waals surface area contributed by atoms with Gasteiger partial charge in [0.1, 0.15) is 22.9 Å². The van der Waals surface area contributed by atoms with Gasteiger partial charge in [-0.2, -0.15) is 52.7 Å². The van der Waals surface area contributed by atoms with Crippen LogP contribution in [0.4, 0.5) is 75.7 Å². The molecule has 50 heavy (non-hydrogen) atoms. The van der Waals surface area contributed by atoms with Crippen molar-refractivity contribution >= 4 is 34.0 Å². The first kappa shape index (κ1) is 34.4. The molecule has 1 aliphatic heterocycles. The lowest BCUT2D eigenvalue weighted by Gasteiger charge is -2.26. The summed E-state index contributed by atoms with van der Waals surface area (Å²) in [6.45, 7) is 0. The zero-order valence-corrected chi connectivity index (χ0v) is 25.0. The summed E-state index contributed by atoms with van der Waals surface area (Å²) in [5.74, 6) is 0.119. The Morgan fingerprint density at radius 2 is 0.760 bits per heavy atom. The molecule has 0 unspecified atom stereocenters. The predicted molar refractivity (Wildman–Crippen MR) is 157 cm³/mol. The predicted octanol–water partition coefficient (Wildman–Crippen LogP) is 10.9. The van der Waals surface area contributed by atoms with Crippen molar-refractivity contribution in [2.45, 2.75) is 24.7 Å². The van der Waals surface area contributed by atoms with Crippen molar-refractivity contribution < 1.29 is 62.2 Å². The second-order valence-corrected chi connectivity index (χ2v) is 10.8. The summed E-state index contributed by atoms with van der Waals surface area (Å²) in [5.41, 5.74) is -9.32. The molecule has 0 saturated carbocycles. The summed E-state index contributed by atoms with van der Waals surface area (Å²) >= 11 is 0. The molecular weight excluding hydrogens is 700 g/mol. The van der Waals surface area contributed by atoms with Crippen molar-refractivity contribution in [2.75, 3.05) is 24.9 Å². The number of hydrogen-bond donors (Lipinski definition) is 2. The number of anilines is 4. The molecule has 0 saturated heterocycles. The first-order valence-corrected chi connectivity index (χ1v) is 13.9. The molecule has 1 aromatic heterocycles. The van der Waals surface area contributed by atoms with Gasteiger partial charge in [0.2, 0.25) is 0 Å². The molecule has 5 aromatic rings. The van der Waals surface area contributed by atoms with Crippen molar-refractivity contribution in [3.8, 4) is 33.8 Å². The lowest BCUT2D eigenvalue weighted by atomic mass is 9.93. The van der Waals surface area contributed by atoms with E-state index in [-0.39, 0.29) is 46.6 Å². The van der Waals surface area contributed by atoms with Crippen LogP contribution in [0, 0.1) is 0 Å². The SMILES string of the molecule is COc1ccc(OC)c2c1Nc1nc3c(-c4cc(C(F)(F)F)cc(C(F)(F)F)c4)ccc(-c4cc(C(F)(F)F)cc(C(F)(F)F)c4)c3nc1N2. The molecular formula is C32H18F12N4O2. The third-order valence-corrected chi connectivity index (χ3v) is 7.68. The third kappa shape index (κ3) is 6.24. The number of alkyl halides is 12. The zero-order valence-electron chi connectivity index (χ0n) is 25.0. The number of methoxy groups -OCH3 is 2. The van der Waals surface area contributed by atoms with Crippen LogP contribution in [0.1, 0.15) is 22.3 Å². The summed E-state index contributed by atoms with van der Waals surface area (Å²) in [6, 6.07) is 6.32. The topological polar surface area (TPSA) is 68.3 Å². The van der Waals surface area contributed by atoms with E-state index in [9.17, 15) is 52.7 Å². The Morgan fingerprint density at radius 3 is 1.02 bits per heavy atom. The quantitative estimate of drug-likeness (QED) is 0.177. The summed E-state index contributed by atoms with van der Waals surface area (Å²) in [4.78, 5) is 8.79. The van der Waals surface area contributed by atoms with Crippen molar-refractivity contribution in [3.05, 3.63) is 82.9 Å². The molecule has 4 aromatic carbocycles. The molecule has 0 aliphatic carbocycles. The largest absolute Gasteiger partial charge is 0.494 e. The van der Waals surface area contributed by atoms with Gasteiger partial charge in [-0.15, -0.1) is 0 Å². The molecule has 0 amide bonds. The van der Waals surface area contributed by atoms with Gasteiger partial charge in [-0.1, -0.05) is 12.1 Å². The number of aromatic nitrogens is 2. The van der Waals surface area contributed by atoms with Gasteiger partial charge in [-0.3, -0.25) is 0 Å². The van der Waals surface area contributed by atoms with Crippen LogP contribution in [0.15, 0.2) is 60.7 Å². The first-order valence-electron chi connectivity index (χ1n) is 13.9. The number of nitrogens with one attached hydrogen (secondary N) is 2. The molecule has 18 heteroatoms. The highest BCUT2D eigenvalue weighted by molar-refractivity contribution is 6.04. The number of nitrogens with zero attached hydrogens (tertiary/aromatic N) is 2. The van der Waals surface area contributed by atoms with Gasteiger partial charge < -0.3 is 20.1 Å². The lowest BCUT2D eigenvalue weighted by Crippen LogP contribution is -2.13. The molecule has 0 fully saturated rings. The molecule has 0 bridgehead atoms. The number of benzene rings is 4. The number of fused-ring (bicyclic) bond motifs is 3. The maximum Gasteiger partial charge on any atom is 0.416 e. The van der Waals surface area contributed by atoms with Gasteiger partial charge in [-0.05, 0) is 59.7 Å². The number of halogens is 12. The number of hydrogen-bond acceptors (Lipinski definition) is 6. The molecule has 0 atom stereocenters. The van der Waals surface area contributed by atoms with Crippen LogP contribution in [0.5, 0.6) is 11.5 Å². The van der Waals surface area contributed by atoms with E-state index in [4.69, 9.17) is 9.47 Å². The molecule has 1 aliphatic rings. The summed E-state index contributed by atoms with van der Waals surface area (Å²) in [7, 11) is 2.65. The van der Waals surface area contributed by atoms with Crippen molar-refractivity contribution in [1.82, 2.24) is 9.97 Å². The molecule has 262 valence electrons. The van der Waals surface area contributed by atoms with Crippen LogP contribution in [0.3, 0.4) is 0 Å². The lowest BCUT2D eigenvalue weighted by molar-refractivity contribution is -0.144. The van der Waals surface area contributed by atoms with Crippen LogP contribution in [-0.2, 0) is 24.7 Å². The molecule has 6 nitrogen and oxygen atoms in total. The Labute approximate surface area is 272 Å². The molecule has 6 rings (SSSR count). The van der Waals surface area contributed by atoms with E-state index in [2.05, 4.69) is 20.6 Å². The maximum absolute atomic E-state index is 13.8. The maximum atomic E-state index is 13.8. The molecule has 0 spiro atoms. The van der Waals surface area contributed by atoms with Gasteiger partial charge in [-0.25, -0.2) is 9.97 Å². The van der Waals surface area contributed by atoms with E-state index < -0.39 is 80.2 Å². The molecule has 0 radical (unpaired) electrons. The van der Waals surface area contributed by atoms with Crippen LogP contribution < -0.4 is 20.1 Å². The Balaban J connectivity index is 1.69. The molecule has 2 heterocycles. The van der Waals surface area contributed by atoms with Gasteiger partial charge in [0.05, 0.1) is 47.5 Å². The van der Waals surface area contributed by atoms with E-state index in [0.717, 1.165) is 12.1 Å². The van der Waals surface area contributed by atoms with Crippen molar-refractivity contribution in [2.24, 2.45) is 0 Å². The van der Waals surface area contributed by atoms with E-state index in [0.29, 0.717) is 24.3 Å². The molecule has 2 N–H and O–H groups in total. The summed E-state index contributed by atoms with van der Waals surface area (Å²) in [5, 5.41) is 5.79. The van der Waals surface area contributed by atoms with Crippen LogP contribution in [0.25, 0.3) is 33.3 Å². The normalized spacial score (nSPS) is 13.3. The minimum atomic E-state index is -5.24. The smallest absolute Gasteiger partial charge is 0.416 e. The standard InChI is InChI=1S/C32H18F12N4O2/c1-49-21-5-6-22(50-2)26-25(21)47-27-28(48-26)46-24-20(14-9-17(31(39,40)41)12-18(10-14)32(42,43)44)4-3-19(23(24)45-27)13-7-15(29(33,34)35)11-16(8-13)30(36,37)38/h3-12H,1-2H3,(H,45,47)(H,46,48). The van der Waals surface area contributed by atoms with Gasteiger partial charge in [0, 0.05) is 11.1 Å². The van der Waals surface area contributed by atoms with Gasteiger partial charge in [0.25, 0.3) is 0 Å². The highest BCUT2D eigenvalue weighted by atomic mass is 19.4. The van der Waals surface area contributed by atoms with Crippen LogP contribution in [-0.4, -0.2) is 24.2 Å². The monoisotopic (exact) mass is 718 g/mol. The fourth-order valence-corrected chi connectivity index (χ4v) is 5.39. The van der Waals surface area contributed by atoms with Crippen LogP contribution in [0.2, 0.25) is 0 Å². The van der Waals surface area contributed by atoms with Crippen molar-refractivity contribution in [1.29, 1.82) is 0 Å². The Bertz CT molecular complexity index is 1940. The van der Waals surface area contributed by atoms with Crippen molar-refractivity contribution in [3.63, 3.8) is 0 Å².